The van der Waals surface area contributed by atoms with Crippen LogP contribution >= 0.6 is 27.3 Å². The first-order valence-electron chi connectivity index (χ1n) is 6.63. The molecule has 1 aliphatic rings. The monoisotopic (exact) mass is 329 g/mol. The summed E-state index contributed by atoms with van der Waals surface area (Å²) in [6, 6.07) is 2.07. The van der Waals surface area contributed by atoms with Gasteiger partial charge in [-0.2, -0.15) is 0 Å². The number of halogens is 1. The number of nitrogens with zero attached hydrogens (tertiary/aromatic N) is 1. The molecular formula is C14H20BrNOS. The number of thiophene rings is 1. The summed E-state index contributed by atoms with van der Waals surface area (Å²) in [7, 11) is 0. The lowest BCUT2D eigenvalue weighted by Crippen LogP contribution is -2.39. The molecule has 0 aliphatic carbocycles. The number of rotatable bonds is 3. The first-order valence-corrected chi connectivity index (χ1v) is 8.42. The van der Waals surface area contributed by atoms with E-state index in [0.29, 0.717) is 10.7 Å². The number of hydrogen-bond acceptors (Lipinski definition) is 2. The van der Waals surface area contributed by atoms with Crippen molar-refractivity contribution in [1.82, 2.24) is 4.90 Å². The molecule has 1 aromatic rings. The molecule has 1 unspecified atom stereocenters. The van der Waals surface area contributed by atoms with Crippen molar-refractivity contribution in [2.24, 2.45) is 5.92 Å². The summed E-state index contributed by atoms with van der Waals surface area (Å²) in [5.41, 5.74) is 1.20. The lowest BCUT2D eigenvalue weighted by atomic mass is 9.94. The Bertz CT molecular complexity index is 408. The van der Waals surface area contributed by atoms with Gasteiger partial charge < -0.3 is 4.90 Å². The van der Waals surface area contributed by atoms with Gasteiger partial charge in [-0.15, -0.1) is 11.3 Å². The van der Waals surface area contributed by atoms with Crippen LogP contribution in [0, 0.1) is 5.92 Å². The van der Waals surface area contributed by atoms with Crippen LogP contribution in [0.5, 0.6) is 0 Å². The summed E-state index contributed by atoms with van der Waals surface area (Å²) in [6.45, 7) is 6.12. The molecule has 2 heterocycles. The van der Waals surface area contributed by atoms with E-state index in [2.05, 4.69) is 35.8 Å². The van der Waals surface area contributed by atoms with Crippen LogP contribution in [0.15, 0.2) is 11.4 Å². The van der Waals surface area contributed by atoms with Crippen molar-refractivity contribution in [1.29, 1.82) is 0 Å². The molecule has 0 spiro atoms. The van der Waals surface area contributed by atoms with E-state index in [1.807, 2.05) is 10.3 Å². The van der Waals surface area contributed by atoms with Gasteiger partial charge >= 0.3 is 0 Å². The van der Waals surface area contributed by atoms with Crippen molar-refractivity contribution in [3.05, 3.63) is 21.9 Å². The Balaban J connectivity index is 2.00. The minimum atomic E-state index is 0.238. The van der Waals surface area contributed by atoms with Gasteiger partial charge in [0.2, 0.25) is 0 Å². The van der Waals surface area contributed by atoms with Crippen LogP contribution in [0.2, 0.25) is 0 Å². The number of carbonyl (C=O) groups excluding carboxylic acids is 1. The van der Waals surface area contributed by atoms with E-state index < -0.39 is 0 Å². The smallest absolute Gasteiger partial charge is 0.264 e. The standard InChI is InChI=1S/C14H20BrNOS/c1-3-11-6-9-18-13(11)14(17)16-7-4-12(5-8-16)10(2)15/h6,9-10,12H,3-5,7-8H2,1-2H3. The summed E-state index contributed by atoms with van der Waals surface area (Å²) >= 11 is 5.24. The summed E-state index contributed by atoms with van der Waals surface area (Å²) < 4.78 is 0. The van der Waals surface area contributed by atoms with E-state index in [-0.39, 0.29) is 5.91 Å². The lowest BCUT2D eigenvalue weighted by molar-refractivity contribution is 0.0695. The number of carbonyl (C=O) groups is 1. The minimum Gasteiger partial charge on any atom is -0.338 e. The molecule has 100 valence electrons. The molecule has 0 bridgehead atoms. The van der Waals surface area contributed by atoms with Gasteiger partial charge in [-0.05, 0) is 42.2 Å². The zero-order valence-corrected chi connectivity index (χ0v) is 13.4. The topological polar surface area (TPSA) is 20.3 Å². The third kappa shape index (κ3) is 2.97. The van der Waals surface area contributed by atoms with Crippen LogP contribution in [0.3, 0.4) is 0 Å². The number of piperidine rings is 1. The molecule has 1 saturated heterocycles. The predicted octanol–water partition coefficient (Wildman–Crippen LogP) is 3.95. The van der Waals surface area contributed by atoms with Gasteiger partial charge in [-0.25, -0.2) is 0 Å². The highest BCUT2D eigenvalue weighted by Gasteiger charge is 2.27. The van der Waals surface area contributed by atoms with Crippen LogP contribution in [0.4, 0.5) is 0 Å². The van der Waals surface area contributed by atoms with Crippen LogP contribution in [-0.2, 0) is 6.42 Å². The van der Waals surface area contributed by atoms with Crippen molar-refractivity contribution < 1.29 is 4.79 Å². The van der Waals surface area contributed by atoms with Crippen LogP contribution < -0.4 is 0 Å². The van der Waals surface area contributed by atoms with E-state index in [1.54, 1.807) is 11.3 Å². The third-order valence-corrected chi connectivity index (χ3v) is 5.49. The summed E-state index contributed by atoms with van der Waals surface area (Å²) in [4.78, 5) is 16.0. The highest BCUT2D eigenvalue weighted by atomic mass is 79.9. The molecule has 0 N–H and O–H groups in total. The maximum atomic E-state index is 12.4. The molecule has 1 amide bonds. The highest BCUT2D eigenvalue weighted by molar-refractivity contribution is 9.09. The second-order valence-electron chi connectivity index (χ2n) is 4.94. The average molecular weight is 330 g/mol. The Labute approximate surface area is 122 Å². The Morgan fingerprint density at radius 2 is 2.22 bits per heavy atom. The molecule has 2 rings (SSSR count). The van der Waals surface area contributed by atoms with Crippen LogP contribution in [0.1, 0.15) is 41.9 Å². The van der Waals surface area contributed by atoms with E-state index in [4.69, 9.17) is 0 Å². The first-order chi connectivity index (χ1) is 8.63. The van der Waals surface area contributed by atoms with Crippen molar-refractivity contribution in [3.63, 3.8) is 0 Å². The summed E-state index contributed by atoms with van der Waals surface area (Å²) in [5, 5.41) is 2.03. The van der Waals surface area contributed by atoms with E-state index >= 15 is 0 Å². The molecule has 1 atom stereocenters. The van der Waals surface area contributed by atoms with Crippen LogP contribution in [0.25, 0.3) is 0 Å². The van der Waals surface area contributed by atoms with Crippen LogP contribution in [-0.4, -0.2) is 28.7 Å². The van der Waals surface area contributed by atoms with E-state index in [9.17, 15) is 4.79 Å². The highest BCUT2D eigenvalue weighted by Crippen LogP contribution is 2.27. The average Bonchev–Trinajstić information content (AvgIpc) is 2.86. The second-order valence-corrected chi connectivity index (χ2v) is 7.30. The minimum absolute atomic E-state index is 0.238. The van der Waals surface area contributed by atoms with E-state index in [1.165, 1.54) is 5.56 Å². The van der Waals surface area contributed by atoms with Crippen molar-refractivity contribution >= 4 is 33.2 Å². The fraction of sp³-hybridized carbons (Fsp3) is 0.643. The fourth-order valence-electron chi connectivity index (χ4n) is 2.51. The molecule has 4 heteroatoms. The van der Waals surface area contributed by atoms with Gasteiger partial charge in [-0.3, -0.25) is 4.79 Å². The fourth-order valence-corrected chi connectivity index (χ4v) is 4.00. The van der Waals surface area contributed by atoms with Gasteiger partial charge in [0.25, 0.3) is 5.91 Å². The maximum Gasteiger partial charge on any atom is 0.264 e. The third-order valence-electron chi connectivity index (χ3n) is 3.80. The molecule has 1 aromatic heterocycles. The number of amides is 1. The lowest BCUT2D eigenvalue weighted by Gasteiger charge is -2.33. The SMILES string of the molecule is CCc1ccsc1C(=O)N1CCC(C(C)Br)CC1. The zero-order chi connectivity index (χ0) is 13.1. The largest absolute Gasteiger partial charge is 0.338 e. The van der Waals surface area contributed by atoms with Gasteiger partial charge in [-0.1, -0.05) is 29.8 Å². The first kappa shape index (κ1) is 14.1. The molecule has 0 aromatic carbocycles. The molecule has 0 saturated carbocycles. The molecule has 0 radical (unpaired) electrons. The Hall–Kier alpha value is -0.350. The molecule has 1 aliphatic heterocycles. The second kappa shape index (κ2) is 6.20. The molecule has 2 nitrogen and oxygen atoms in total. The van der Waals surface area contributed by atoms with Gasteiger partial charge in [0.1, 0.15) is 0 Å². The number of hydrogen-bond donors (Lipinski definition) is 0. The number of likely N-dealkylation sites (tertiary alicyclic amines) is 1. The Morgan fingerprint density at radius 3 is 2.78 bits per heavy atom. The molecule has 18 heavy (non-hydrogen) atoms. The van der Waals surface area contributed by atoms with Crippen molar-refractivity contribution in [2.45, 2.75) is 37.9 Å². The maximum absolute atomic E-state index is 12.4. The van der Waals surface area contributed by atoms with Crippen molar-refractivity contribution in [3.8, 4) is 0 Å². The van der Waals surface area contributed by atoms with E-state index in [0.717, 1.165) is 37.2 Å². The summed E-state index contributed by atoms with van der Waals surface area (Å²) in [5.74, 6) is 0.950. The van der Waals surface area contributed by atoms with Gasteiger partial charge in [0, 0.05) is 17.9 Å². The number of aryl methyl sites for hydroxylation is 1. The Morgan fingerprint density at radius 1 is 1.56 bits per heavy atom. The predicted molar refractivity (Wildman–Crippen MR) is 80.7 cm³/mol. The van der Waals surface area contributed by atoms with Crippen molar-refractivity contribution in [2.75, 3.05) is 13.1 Å². The molecule has 1 fully saturated rings. The normalized spacial score (nSPS) is 18.9. The quantitative estimate of drug-likeness (QED) is 0.769. The number of alkyl halides is 1. The summed E-state index contributed by atoms with van der Waals surface area (Å²) in [6.07, 6.45) is 3.18. The zero-order valence-electron chi connectivity index (χ0n) is 11.0. The molecular weight excluding hydrogens is 310 g/mol. The van der Waals surface area contributed by atoms with Gasteiger partial charge in [0.15, 0.2) is 0 Å². The Kier molecular flexibility index (Phi) is 4.84. The van der Waals surface area contributed by atoms with Gasteiger partial charge in [0.05, 0.1) is 4.88 Å².